The number of imide groups is 1. The number of carbonyl (C=O) groups is 3. The Morgan fingerprint density at radius 1 is 1.18 bits per heavy atom. The summed E-state index contributed by atoms with van der Waals surface area (Å²) in [6.45, 7) is 5.05. The number of rotatable bonds is 4. The molecule has 0 aliphatic carbocycles. The number of hydrogen-bond acceptors (Lipinski definition) is 5. The van der Waals surface area contributed by atoms with Crippen molar-refractivity contribution in [3.8, 4) is 0 Å². The van der Waals surface area contributed by atoms with Crippen LogP contribution in [0.25, 0.3) is 0 Å². The van der Waals surface area contributed by atoms with Gasteiger partial charge in [0.2, 0.25) is 0 Å². The van der Waals surface area contributed by atoms with Gasteiger partial charge in [0.1, 0.15) is 5.60 Å². The number of amides is 2. The van der Waals surface area contributed by atoms with Gasteiger partial charge < -0.3 is 9.84 Å². The quantitative estimate of drug-likeness (QED) is 0.671. The molecular formula is C16H19NO5. The van der Waals surface area contributed by atoms with Crippen LogP contribution in [0.5, 0.6) is 0 Å². The summed E-state index contributed by atoms with van der Waals surface area (Å²) < 4.78 is 5.05. The van der Waals surface area contributed by atoms with Crippen LogP contribution in [0.2, 0.25) is 0 Å². The molecule has 1 N–H and O–H groups in total. The fourth-order valence-corrected chi connectivity index (χ4v) is 2.18. The third-order valence-corrected chi connectivity index (χ3v) is 3.18. The van der Waals surface area contributed by atoms with E-state index in [-0.39, 0.29) is 13.0 Å². The average Bonchev–Trinajstić information content (AvgIpc) is 2.67. The molecule has 22 heavy (non-hydrogen) atoms. The number of benzene rings is 1. The van der Waals surface area contributed by atoms with E-state index in [1.807, 2.05) is 0 Å². The van der Waals surface area contributed by atoms with Crippen LogP contribution in [0.15, 0.2) is 24.3 Å². The molecule has 118 valence electrons. The van der Waals surface area contributed by atoms with E-state index in [1.165, 1.54) is 0 Å². The molecule has 1 heterocycles. The summed E-state index contributed by atoms with van der Waals surface area (Å²) in [5, 5.41) is 9.81. The highest BCUT2D eigenvalue weighted by Gasteiger charge is 2.35. The number of ether oxygens (including phenoxy) is 1. The van der Waals surface area contributed by atoms with Gasteiger partial charge in [-0.1, -0.05) is 12.1 Å². The van der Waals surface area contributed by atoms with Gasteiger partial charge in [0, 0.05) is 13.0 Å². The first-order valence-electron chi connectivity index (χ1n) is 7.07. The van der Waals surface area contributed by atoms with Crippen molar-refractivity contribution in [1.82, 2.24) is 4.90 Å². The first kappa shape index (κ1) is 16.2. The van der Waals surface area contributed by atoms with Gasteiger partial charge >= 0.3 is 5.97 Å². The molecule has 0 radical (unpaired) electrons. The fraction of sp³-hybridized carbons (Fsp3) is 0.438. The van der Waals surface area contributed by atoms with E-state index >= 15 is 0 Å². The minimum Gasteiger partial charge on any atom is -0.458 e. The van der Waals surface area contributed by atoms with Crippen LogP contribution >= 0.6 is 0 Å². The van der Waals surface area contributed by atoms with Crippen LogP contribution in [0.3, 0.4) is 0 Å². The van der Waals surface area contributed by atoms with Crippen molar-refractivity contribution >= 4 is 17.8 Å². The Hall–Kier alpha value is -2.21. The van der Waals surface area contributed by atoms with Crippen molar-refractivity contribution in [2.45, 2.75) is 38.9 Å². The normalized spacial score (nSPS) is 15.7. The van der Waals surface area contributed by atoms with E-state index in [0.717, 1.165) is 4.90 Å². The van der Waals surface area contributed by atoms with E-state index < -0.39 is 29.5 Å². The molecular weight excluding hydrogens is 286 g/mol. The van der Waals surface area contributed by atoms with Gasteiger partial charge in [-0.15, -0.1) is 0 Å². The zero-order valence-corrected chi connectivity index (χ0v) is 12.8. The van der Waals surface area contributed by atoms with Crippen molar-refractivity contribution in [3.63, 3.8) is 0 Å². The Kier molecular flexibility index (Phi) is 4.32. The summed E-state index contributed by atoms with van der Waals surface area (Å²) in [7, 11) is 0. The summed E-state index contributed by atoms with van der Waals surface area (Å²) in [5.74, 6) is -1.57. The smallest absolute Gasteiger partial charge is 0.335 e. The molecule has 0 bridgehead atoms. The highest BCUT2D eigenvalue weighted by atomic mass is 16.6. The van der Waals surface area contributed by atoms with Crippen molar-refractivity contribution in [2.75, 3.05) is 6.54 Å². The lowest BCUT2D eigenvalue weighted by Crippen LogP contribution is -2.37. The lowest BCUT2D eigenvalue weighted by atomic mass is 10.1. The van der Waals surface area contributed by atoms with Crippen LogP contribution in [-0.4, -0.2) is 46.0 Å². The summed E-state index contributed by atoms with van der Waals surface area (Å²) in [4.78, 5) is 37.0. The van der Waals surface area contributed by atoms with E-state index in [0.29, 0.717) is 11.1 Å². The molecule has 0 saturated heterocycles. The number of aliphatic hydroxyl groups excluding tert-OH is 1. The van der Waals surface area contributed by atoms with E-state index in [2.05, 4.69) is 0 Å². The van der Waals surface area contributed by atoms with Gasteiger partial charge in [-0.25, -0.2) is 4.79 Å². The summed E-state index contributed by atoms with van der Waals surface area (Å²) in [5.41, 5.74) is -0.00774. The third kappa shape index (κ3) is 3.33. The monoisotopic (exact) mass is 305 g/mol. The zero-order chi connectivity index (χ0) is 16.5. The first-order valence-corrected chi connectivity index (χ1v) is 7.07. The maximum atomic E-state index is 12.1. The maximum absolute atomic E-state index is 12.1. The minimum atomic E-state index is -1.37. The van der Waals surface area contributed by atoms with E-state index in [4.69, 9.17) is 4.74 Å². The predicted octanol–water partition coefficient (Wildman–Crippen LogP) is 1.38. The molecule has 0 aromatic heterocycles. The second-order valence-corrected chi connectivity index (χ2v) is 6.15. The topological polar surface area (TPSA) is 83.9 Å². The number of aliphatic hydroxyl groups is 1. The van der Waals surface area contributed by atoms with Gasteiger partial charge in [0.05, 0.1) is 11.1 Å². The van der Waals surface area contributed by atoms with Crippen molar-refractivity contribution < 1.29 is 24.2 Å². The summed E-state index contributed by atoms with van der Waals surface area (Å²) in [6.07, 6.45) is -1.43. The van der Waals surface area contributed by atoms with Gasteiger partial charge in [0.25, 0.3) is 11.8 Å². The number of esters is 1. The molecule has 0 spiro atoms. The summed E-state index contributed by atoms with van der Waals surface area (Å²) in [6, 6.07) is 6.53. The molecule has 0 saturated carbocycles. The third-order valence-electron chi connectivity index (χ3n) is 3.18. The summed E-state index contributed by atoms with van der Waals surface area (Å²) >= 11 is 0. The molecule has 1 aliphatic rings. The number of hydrogen-bond donors (Lipinski definition) is 1. The Morgan fingerprint density at radius 2 is 1.68 bits per heavy atom. The van der Waals surface area contributed by atoms with Crippen LogP contribution in [0, 0.1) is 0 Å². The highest BCUT2D eigenvalue weighted by Crippen LogP contribution is 2.22. The lowest BCUT2D eigenvalue weighted by molar-refractivity contribution is -0.165. The van der Waals surface area contributed by atoms with Gasteiger partial charge in [0.15, 0.2) is 6.10 Å². The van der Waals surface area contributed by atoms with Gasteiger partial charge in [-0.3, -0.25) is 14.5 Å². The number of nitrogens with zero attached hydrogens (tertiary/aromatic N) is 1. The van der Waals surface area contributed by atoms with Crippen LogP contribution in [0.4, 0.5) is 0 Å². The molecule has 2 rings (SSSR count). The highest BCUT2D eigenvalue weighted by molar-refractivity contribution is 6.21. The Morgan fingerprint density at radius 3 is 2.14 bits per heavy atom. The molecule has 1 aliphatic heterocycles. The predicted molar refractivity (Wildman–Crippen MR) is 78.3 cm³/mol. The Balaban J connectivity index is 1.97. The second kappa shape index (κ2) is 5.88. The zero-order valence-electron chi connectivity index (χ0n) is 12.8. The largest absolute Gasteiger partial charge is 0.458 e. The van der Waals surface area contributed by atoms with Crippen molar-refractivity contribution in [3.05, 3.63) is 35.4 Å². The molecule has 0 fully saturated rings. The van der Waals surface area contributed by atoms with Gasteiger partial charge in [-0.2, -0.15) is 0 Å². The maximum Gasteiger partial charge on any atom is 0.335 e. The van der Waals surface area contributed by atoms with Crippen molar-refractivity contribution in [1.29, 1.82) is 0 Å². The lowest BCUT2D eigenvalue weighted by Gasteiger charge is -2.22. The van der Waals surface area contributed by atoms with Crippen LogP contribution in [-0.2, 0) is 9.53 Å². The molecule has 0 unspecified atom stereocenters. The van der Waals surface area contributed by atoms with Crippen LogP contribution in [0.1, 0.15) is 47.9 Å². The Labute approximate surface area is 128 Å². The molecule has 6 nitrogen and oxygen atoms in total. The van der Waals surface area contributed by atoms with Gasteiger partial charge in [-0.05, 0) is 32.9 Å². The minimum absolute atomic E-state index is 0.0350. The first-order chi connectivity index (χ1) is 10.2. The van der Waals surface area contributed by atoms with E-state index in [9.17, 15) is 19.5 Å². The standard InChI is InChI=1S/C16H19NO5/c1-16(2,3)22-15(21)12(18)8-9-17-13(19)10-6-4-5-7-11(10)14(17)20/h4-7,12,18H,8-9H2,1-3H3/t12-/m0/s1. The second-order valence-electron chi connectivity index (χ2n) is 6.15. The molecule has 1 aromatic rings. The fourth-order valence-electron chi connectivity index (χ4n) is 2.18. The Bertz CT molecular complexity index is 582. The van der Waals surface area contributed by atoms with E-state index in [1.54, 1.807) is 45.0 Å². The molecule has 2 amide bonds. The number of carbonyl (C=O) groups excluding carboxylic acids is 3. The van der Waals surface area contributed by atoms with Crippen molar-refractivity contribution in [2.24, 2.45) is 0 Å². The molecule has 1 aromatic carbocycles. The molecule has 6 heteroatoms. The SMILES string of the molecule is CC(C)(C)OC(=O)[C@@H](O)CCN1C(=O)c2ccccc2C1=O. The average molecular weight is 305 g/mol. The van der Waals surface area contributed by atoms with Crippen LogP contribution < -0.4 is 0 Å². The number of fused-ring (bicyclic) bond motifs is 1. The molecule has 1 atom stereocenters.